The molecular formula is C15H31IN6. The summed E-state index contributed by atoms with van der Waals surface area (Å²) in [5.41, 5.74) is 0. The van der Waals surface area contributed by atoms with Crippen LogP contribution in [-0.4, -0.2) is 59.4 Å². The molecule has 0 atom stereocenters. The van der Waals surface area contributed by atoms with Gasteiger partial charge >= 0.3 is 0 Å². The summed E-state index contributed by atoms with van der Waals surface area (Å²) in [5, 5.41) is 10.8. The normalized spacial score (nSPS) is 11.9. The van der Waals surface area contributed by atoms with Gasteiger partial charge in [0.05, 0.1) is 6.54 Å². The van der Waals surface area contributed by atoms with Gasteiger partial charge in [0.2, 0.25) is 0 Å². The van der Waals surface area contributed by atoms with E-state index in [1.807, 2.05) is 16.9 Å². The SMILES string of the molecule is CN=C(NCCN(C(C)C)C(C)C)NCCn1cccn1.I. The van der Waals surface area contributed by atoms with Crippen molar-refractivity contribution in [2.45, 2.75) is 46.3 Å². The molecule has 6 nitrogen and oxygen atoms in total. The van der Waals surface area contributed by atoms with Crippen LogP contribution in [0.1, 0.15) is 27.7 Å². The second-order valence-electron chi connectivity index (χ2n) is 5.62. The van der Waals surface area contributed by atoms with Gasteiger partial charge in [0.1, 0.15) is 0 Å². The third-order valence-corrected chi connectivity index (χ3v) is 3.41. The van der Waals surface area contributed by atoms with Crippen LogP contribution in [0.4, 0.5) is 0 Å². The lowest BCUT2D eigenvalue weighted by atomic mass is 10.2. The molecule has 0 saturated carbocycles. The zero-order valence-electron chi connectivity index (χ0n) is 14.4. The lowest BCUT2D eigenvalue weighted by Crippen LogP contribution is -2.45. The van der Waals surface area contributed by atoms with Gasteiger partial charge in [-0.15, -0.1) is 24.0 Å². The average Bonchev–Trinajstić information content (AvgIpc) is 2.93. The molecular weight excluding hydrogens is 391 g/mol. The van der Waals surface area contributed by atoms with Crippen molar-refractivity contribution in [3.63, 3.8) is 0 Å². The van der Waals surface area contributed by atoms with Gasteiger partial charge in [-0.3, -0.25) is 14.6 Å². The van der Waals surface area contributed by atoms with Crippen LogP contribution < -0.4 is 10.6 Å². The highest BCUT2D eigenvalue weighted by Gasteiger charge is 2.12. The van der Waals surface area contributed by atoms with Crippen molar-refractivity contribution >= 4 is 29.9 Å². The zero-order valence-corrected chi connectivity index (χ0v) is 16.7. The van der Waals surface area contributed by atoms with Crippen LogP contribution in [0.3, 0.4) is 0 Å². The maximum absolute atomic E-state index is 4.24. The van der Waals surface area contributed by atoms with Gasteiger partial charge in [0, 0.05) is 51.2 Å². The minimum atomic E-state index is 0. The molecule has 1 aromatic rings. The van der Waals surface area contributed by atoms with E-state index >= 15 is 0 Å². The van der Waals surface area contributed by atoms with E-state index in [-0.39, 0.29) is 24.0 Å². The van der Waals surface area contributed by atoms with Crippen molar-refractivity contribution in [2.75, 3.05) is 26.7 Å². The van der Waals surface area contributed by atoms with E-state index < -0.39 is 0 Å². The molecule has 0 radical (unpaired) electrons. The van der Waals surface area contributed by atoms with E-state index in [2.05, 4.69) is 53.3 Å². The molecule has 2 N–H and O–H groups in total. The summed E-state index contributed by atoms with van der Waals surface area (Å²) < 4.78 is 1.90. The molecule has 0 aliphatic carbocycles. The standard InChI is InChI=1S/C15H30N6.HI/c1-13(2)21(14(3)4)12-9-18-15(16-5)17-8-11-20-10-6-7-19-20;/h6-7,10,13-14H,8-9,11-12H2,1-5H3,(H2,16,17,18);1H. The van der Waals surface area contributed by atoms with Crippen LogP contribution in [0.2, 0.25) is 0 Å². The molecule has 1 aromatic heterocycles. The topological polar surface area (TPSA) is 57.5 Å². The van der Waals surface area contributed by atoms with E-state index in [0.29, 0.717) is 12.1 Å². The molecule has 0 aliphatic rings. The summed E-state index contributed by atoms with van der Waals surface area (Å²) in [6.45, 7) is 12.5. The Balaban J connectivity index is 0.00000441. The van der Waals surface area contributed by atoms with E-state index in [4.69, 9.17) is 0 Å². The second kappa shape index (κ2) is 11.7. The van der Waals surface area contributed by atoms with Gasteiger partial charge in [0.15, 0.2) is 5.96 Å². The molecule has 0 bridgehead atoms. The van der Waals surface area contributed by atoms with E-state index in [9.17, 15) is 0 Å². The fraction of sp³-hybridized carbons (Fsp3) is 0.733. The molecule has 128 valence electrons. The minimum Gasteiger partial charge on any atom is -0.355 e. The first-order chi connectivity index (χ1) is 10.0. The van der Waals surface area contributed by atoms with Gasteiger partial charge in [-0.1, -0.05) is 0 Å². The van der Waals surface area contributed by atoms with Crippen molar-refractivity contribution in [3.8, 4) is 0 Å². The number of halogens is 1. The van der Waals surface area contributed by atoms with Gasteiger partial charge in [-0.2, -0.15) is 5.10 Å². The predicted octanol–water partition coefficient (Wildman–Crippen LogP) is 1.78. The highest BCUT2D eigenvalue weighted by molar-refractivity contribution is 14.0. The summed E-state index contributed by atoms with van der Waals surface area (Å²) in [4.78, 5) is 6.70. The third-order valence-electron chi connectivity index (χ3n) is 3.41. The number of hydrogen-bond acceptors (Lipinski definition) is 3. The van der Waals surface area contributed by atoms with E-state index in [1.165, 1.54) is 0 Å². The lowest BCUT2D eigenvalue weighted by molar-refractivity contribution is 0.178. The summed E-state index contributed by atoms with van der Waals surface area (Å²) in [5.74, 6) is 0.842. The van der Waals surface area contributed by atoms with Gasteiger partial charge < -0.3 is 10.6 Å². The van der Waals surface area contributed by atoms with Crippen molar-refractivity contribution in [3.05, 3.63) is 18.5 Å². The number of aromatic nitrogens is 2. The fourth-order valence-electron chi connectivity index (χ4n) is 2.36. The molecule has 0 aromatic carbocycles. The Labute approximate surface area is 151 Å². The zero-order chi connectivity index (χ0) is 15.7. The maximum Gasteiger partial charge on any atom is 0.191 e. The van der Waals surface area contributed by atoms with Crippen molar-refractivity contribution in [2.24, 2.45) is 4.99 Å². The molecule has 0 amide bonds. The smallest absolute Gasteiger partial charge is 0.191 e. The largest absolute Gasteiger partial charge is 0.355 e. The monoisotopic (exact) mass is 422 g/mol. The molecule has 0 fully saturated rings. The highest BCUT2D eigenvalue weighted by Crippen LogP contribution is 2.03. The third kappa shape index (κ3) is 7.98. The summed E-state index contributed by atoms with van der Waals surface area (Å²) >= 11 is 0. The predicted molar refractivity (Wildman–Crippen MR) is 104 cm³/mol. The maximum atomic E-state index is 4.24. The molecule has 0 spiro atoms. The molecule has 0 aliphatic heterocycles. The Morgan fingerprint density at radius 2 is 1.82 bits per heavy atom. The van der Waals surface area contributed by atoms with Crippen molar-refractivity contribution in [1.29, 1.82) is 0 Å². The van der Waals surface area contributed by atoms with Crippen LogP contribution in [0.5, 0.6) is 0 Å². The number of hydrogen-bond donors (Lipinski definition) is 2. The summed E-state index contributed by atoms with van der Waals surface area (Å²) in [6, 6.07) is 3.04. The van der Waals surface area contributed by atoms with Crippen LogP contribution in [0.15, 0.2) is 23.5 Å². The molecule has 22 heavy (non-hydrogen) atoms. The molecule has 1 rings (SSSR count). The number of nitrogens with zero attached hydrogens (tertiary/aromatic N) is 4. The Hall–Kier alpha value is -0.830. The molecule has 0 unspecified atom stereocenters. The number of guanidine groups is 1. The Kier molecular flexibility index (Phi) is 11.3. The second-order valence-corrected chi connectivity index (χ2v) is 5.62. The first kappa shape index (κ1) is 21.2. The number of rotatable bonds is 8. The van der Waals surface area contributed by atoms with Gasteiger partial charge in [-0.05, 0) is 33.8 Å². The number of aliphatic imine (C=N–C) groups is 1. The van der Waals surface area contributed by atoms with Crippen LogP contribution in [-0.2, 0) is 6.54 Å². The first-order valence-corrected chi connectivity index (χ1v) is 7.72. The Morgan fingerprint density at radius 1 is 1.18 bits per heavy atom. The lowest BCUT2D eigenvalue weighted by Gasteiger charge is -2.30. The molecule has 1 heterocycles. The van der Waals surface area contributed by atoms with Crippen molar-refractivity contribution in [1.82, 2.24) is 25.3 Å². The summed E-state index contributed by atoms with van der Waals surface area (Å²) in [7, 11) is 1.80. The Bertz CT molecular complexity index is 394. The van der Waals surface area contributed by atoms with Crippen molar-refractivity contribution < 1.29 is 0 Å². The molecule has 0 saturated heterocycles. The quantitative estimate of drug-likeness (QED) is 0.381. The molecule has 7 heteroatoms. The summed E-state index contributed by atoms with van der Waals surface area (Å²) in [6.07, 6.45) is 3.75. The average molecular weight is 422 g/mol. The van der Waals surface area contributed by atoms with Gasteiger partial charge in [0.25, 0.3) is 0 Å². The van der Waals surface area contributed by atoms with E-state index in [0.717, 1.165) is 32.1 Å². The van der Waals surface area contributed by atoms with Crippen LogP contribution in [0, 0.1) is 0 Å². The van der Waals surface area contributed by atoms with Crippen LogP contribution >= 0.6 is 24.0 Å². The number of nitrogens with one attached hydrogen (secondary N) is 2. The fourth-order valence-corrected chi connectivity index (χ4v) is 2.36. The van der Waals surface area contributed by atoms with E-state index in [1.54, 1.807) is 13.2 Å². The highest BCUT2D eigenvalue weighted by atomic mass is 127. The first-order valence-electron chi connectivity index (χ1n) is 7.72. The van der Waals surface area contributed by atoms with Gasteiger partial charge in [-0.25, -0.2) is 0 Å². The Morgan fingerprint density at radius 3 is 2.32 bits per heavy atom. The van der Waals surface area contributed by atoms with Crippen LogP contribution in [0.25, 0.3) is 0 Å². The minimum absolute atomic E-state index is 0.